The second-order valence-corrected chi connectivity index (χ2v) is 6.76. The first-order valence-corrected chi connectivity index (χ1v) is 8.33. The largest absolute Gasteiger partial charge is 0.368 e. The zero-order valence-electron chi connectivity index (χ0n) is 12.9. The van der Waals surface area contributed by atoms with Gasteiger partial charge in [0.2, 0.25) is 0 Å². The molecule has 3 rings (SSSR count). The molecular weight excluding hydrogens is 244 g/mol. The van der Waals surface area contributed by atoms with Crippen molar-refractivity contribution in [1.82, 2.24) is 5.32 Å². The van der Waals surface area contributed by atoms with E-state index in [2.05, 4.69) is 48.3 Å². The van der Waals surface area contributed by atoms with E-state index in [1.54, 1.807) is 0 Å². The average Bonchev–Trinajstić information content (AvgIpc) is 2.89. The van der Waals surface area contributed by atoms with Crippen molar-refractivity contribution in [2.75, 3.05) is 11.4 Å². The molecule has 0 bridgehead atoms. The minimum absolute atomic E-state index is 0.545. The standard InChI is InChI=1S/C18H28N2/c1-14(2)19-13-16-8-4-6-10-18(16)20-12-11-15-7-3-5-9-17(15)20/h4,6,8,10,14-15,17,19H,3,5,7,9,11-13H2,1-2H3. The lowest BCUT2D eigenvalue weighted by atomic mass is 9.85. The van der Waals surface area contributed by atoms with E-state index >= 15 is 0 Å². The van der Waals surface area contributed by atoms with Gasteiger partial charge >= 0.3 is 0 Å². The van der Waals surface area contributed by atoms with Gasteiger partial charge in [0.15, 0.2) is 0 Å². The van der Waals surface area contributed by atoms with E-state index in [4.69, 9.17) is 0 Å². The molecule has 0 amide bonds. The molecule has 2 heteroatoms. The van der Waals surface area contributed by atoms with Crippen LogP contribution in [0, 0.1) is 5.92 Å². The van der Waals surface area contributed by atoms with Gasteiger partial charge in [0, 0.05) is 30.9 Å². The van der Waals surface area contributed by atoms with Gasteiger partial charge in [-0.25, -0.2) is 0 Å². The number of benzene rings is 1. The maximum absolute atomic E-state index is 3.57. The topological polar surface area (TPSA) is 15.3 Å². The molecule has 0 radical (unpaired) electrons. The molecule has 1 heterocycles. The number of nitrogens with zero attached hydrogens (tertiary/aromatic N) is 1. The van der Waals surface area contributed by atoms with Crippen LogP contribution >= 0.6 is 0 Å². The second kappa shape index (κ2) is 6.17. The van der Waals surface area contributed by atoms with Gasteiger partial charge in [-0.05, 0) is 36.8 Å². The molecule has 1 saturated carbocycles. The Balaban J connectivity index is 1.79. The van der Waals surface area contributed by atoms with Crippen molar-refractivity contribution in [3.63, 3.8) is 0 Å². The van der Waals surface area contributed by atoms with E-state index in [0.29, 0.717) is 6.04 Å². The molecule has 1 saturated heterocycles. The van der Waals surface area contributed by atoms with Crippen LogP contribution in [0.25, 0.3) is 0 Å². The Morgan fingerprint density at radius 2 is 1.95 bits per heavy atom. The number of hydrogen-bond donors (Lipinski definition) is 1. The highest BCUT2D eigenvalue weighted by Crippen LogP contribution is 2.39. The predicted molar refractivity (Wildman–Crippen MR) is 86.1 cm³/mol. The lowest BCUT2D eigenvalue weighted by Gasteiger charge is -2.34. The van der Waals surface area contributed by atoms with Crippen molar-refractivity contribution in [3.8, 4) is 0 Å². The van der Waals surface area contributed by atoms with Gasteiger partial charge in [-0.2, -0.15) is 0 Å². The normalized spacial score (nSPS) is 26.1. The summed E-state index contributed by atoms with van der Waals surface area (Å²) in [5.74, 6) is 0.954. The third kappa shape index (κ3) is 2.85. The third-order valence-corrected chi connectivity index (χ3v) is 5.01. The van der Waals surface area contributed by atoms with Gasteiger partial charge in [-0.3, -0.25) is 0 Å². The van der Waals surface area contributed by atoms with Crippen molar-refractivity contribution in [3.05, 3.63) is 29.8 Å². The Hall–Kier alpha value is -1.02. The first kappa shape index (κ1) is 13.9. The zero-order valence-corrected chi connectivity index (χ0v) is 12.9. The van der Waals surface area contributed by atoms with Crippen molar-refractivity contribution in [2.24, 2.45) is 5.92 Å². The van der Waals surface area contributed by atoms with Crippen LogP contribution in [0.15, 0.2) is 24.3 Å². The Labute approximate surface area is 123 Å². The Bertz CT molecular complexity index is 441. The van der Waals surface area contributed by atoms with Gasteiger partial charge in [0.1, 0.15) is 0 Å². The second-order valence-electron chi connectivity index (χ2n) is 6.76. The fourth-order valence-electron chi connectivity index (χ4n) is 3.96. The highest BCUT2D eigenvalue weighted by molar-refractivity contribution is 5.55. The first-order chi connectivity index (χ1) is 9.75. The molecule has 1 aromatic carbocycles. The van der Waals surface area contributed by atoms with Crippen LogP contribution in [0.4, 0.5) is 5.69 Å². The van der Waals surface area contributed by atoms with Crippen LogP contribution in [0.5, 0.6) is 0 Å². The fraction of sp³-hybridized carbons (Fsp3) is 0.667. The Morgan fingerprint density at radius 3 is 2.80 bits per heavy atom. The highest BCUT2D eigenvalue weighted by atomic mass is 15.2. The van der Waals surface area contributed by atoms with Crippen molar-refractivity contribution in [2.45, 2.75) is 64.6 Å². The number of para-hydroxylation sites is 1. The monoisotopic (exact) mass is 272 g/mol. The summed E-state index contributed by atoms with van der Waals surface area (Å²) in [4.78, 5) is 2.71. The van der Waals surface area contributed by atoms with Crippen LogP contribution in [0.1, 0.15) is 51.5 Å². The van der Waals surface area contributed by atoms with Gasteiger partial charge in [-0.15, -0.1) is 0 Å². The van der Waals surface area contributed by atoms with Crippen LogP contribution in [0.3, 0.4) is 0 Å². The molecule has 1 aromatic rings. The Morgan fingerprint density at radius 1 is 1.15 bits per heavy atom. The van der Waals surface area contributed by atoms with Crippen molar-refractivity contribution in [1.29, 1.82) is 0 Å². The summed E-state index contributed by atoms with van der Waals surface area (Å²) >= 11 is 0. The minimum Gasteiger partial charge on any atom is -0.368 e. The number of nitrogens with one attached hydrogen (secondary N) is 1. The van der Waals surface area contributed by atoms with E-state index in [0.717, 1.165) is 18.5 Å². The predicted octanol–water partition coefficient (Wildman–Crippen LogP) is 3.95. The van der Waals surface area contributed by atoms with Crippen LogP contribution in [0.2, 0.25) is 0 Å². The van der Waals surface area contributed by atoms with Gasteiger partial charge < -0.3 is 10.2 Å². The van der Waals surface area contributed by atoms with E-state index in [-0.39, 0.29) is 0 Å². The maximum atomic E-state index is 3.57. The minimum atomic E-state index is 0.545. The zero-order chi connectivity index (χ0) is 13.9. The number of fused-ring (bicyclic) bond motifs is 1. The molecule has 2 fully saturated rings. The van der Waals surface area contributed by atoms with Crippen LogP contribution in [-0.4, -0.2) is 18.6 Å². The molecule has 110 valence electrons. The van der Waals surface area contributed by atoms with E-state index in [1.807, 2.05) is 0 Å². The molecule has 1 N–H and O–H groups in total. The average molecular weight is 272 g/mol. The lowest BCUT2D eigenvalue weighted by Crippen LogP contribution is -2.35. The van der Waals surface area contributed by atoms with Gasteiger partial charge in [0.05, 0.1) is 0 Å². The summed E-state index contributed by atoms with van der Waals surface area (Å²) < 4.78 is 0. The molecule has 2 atom stereocenters. The lowest BCUT2D eigenvalue weighted by molar-refractivity contribution is 0.342. The van der Waals surface area contributed by atoms with Crippen LogP contribution in [-0.2, 0) is 6.54 Å². The van der Waals surface area contributed by atoms with Gasteiger partial charge in [0.25, 0.3) is 0 Å². The van der Waals surface area contributed by atoms with Crippen LogP contribution < -0.4 is 10.2 Å². The third-order valence-electron chi connectivity index (χ3n) is 5.01. The number of rotatable bonds is 4. The fourth-order valence-corrected chi connectivity index (χ4v) is 3.96. The summed E-state index contributed by atoms with van der Waals surface area (Å²) in [7, 11) is 0. The summed E-state index contributed by atoms with van der Waals surface area (Å²) in [5, 5.41) is 3.57. The SMILES string of the molecule is CC(C)NCc1ccccc1N1CCC2CCCCC21. The molecule has 2 aliphatic rings. The molecule has 20 heavy (non-hydrogen) atoms. The van der Waals surface area contributed by atoms with E-state index in [9.17, 15) is 0 Å². The molecule has 2 nitrogen and oxygen atoms in total. The molecular formula is C18H28N2. The highest BCUT2D eigenvalue weighted by Gasteiger charge is 2.36. The summed E-state index contributed by atoms with van der Waals surface area (Å²) in [6.45, 7) is 6.68. The van der Waals surface area contributed by atoms with Crippen molar-refractivity contribution < 1.29 is 0 Å². The molecule has 0 spiro atoms. The number of hydrogen-bond acceptors (Lipinski definition) is 2. The smallest absolute Gasteiger partial charge is 0.0414 e. The molecule has 2 unspecified atom stereocenters. The van der Waals surface area contributed by atoms with E-state index < -0.39 is 0 Å². The summed E-state index contributed by atoms with van der Waals surface area (Å²) in [6, 6.07) is 10.3. The number of anilines is 1. The summed E-state index contributed by atoms with van der Waals surface area (Å²) in [5.41, 5.74) is 2.95. The van der Waals surface area contributed by atoms with Gasteiger partial charge in [-0.1, -0.05) is 44.9 Å². The quantitative estimate of drug-likeness (QED) is 0.892. The van der Waals surface area contributed by atoms with Crippen molar-refractivity contribution >= 4 is 5.69 Å². The maximum Gasteiger partial charge on any atom is 0.0414 e. The molecule has 0 aromatic heterocycles. The molecule has 1 aliphatic heterocycles. The Kier molecular flexibility index (Phi) is 4.30. The summed E-state index contributed by atoms with van der Waals surface area (Å²) in [6.07, 6.45) is 7.12. The first-order valence-electron chi connectivity index (χ1n) is 8.33. The van der Waals surface area contributed by atoms with E-state index in [1.165, 1.54) is 49.9 Å². The molecule has 1 aliphatic carbocycles.